The lowest BCUT2D eigenvalue weighted by Gasteiger charge is -2.43. The number of aromatic nitrogens is 1. The van der Waals surface area contributed by atoms with Crippen molar-refractivity contribution in [1.29, 1.82) is 0 Å². The SMILES string of the molecule is CC(=O)O[C@@H]1c2c(cc(NCCN3CCCCC3)c3c(=O)c4cc5ccccc5cc4n(C)c23)OC(C)(C)[C@@H]1OC(C)=O. The summed E-state index contributed by atoms with van der Waals surface area (Å²) >= 11 is 0. The van der Waals surface area contributed by atoms with Crippen LogP contribution in [0, 0.1) is 0 Å². The largest absolute Gasteiger partial charge is 0.483 e. The third kappa shape index (κ3) is 5.31. The number of nitrogens with one attached hydrogen (secondary N) is 1. The van der Waals surface area contributed by atoms with Crippen LogP contribution in [0.3, 0.4) is 0 Å². The molecule has 3 heterocycles. The van der Waals surface area contributed by atoms with E-state index in [1.165, 1.54) is 33.1 Å². The maximum atomic E-state index is 14.5. The second-order valence-electron chi connectivity index (χ2n) is 12.3. The van der Waals surface area contributed by atoms with Gasteiger partial charge in [0.15, 0.2) is 17.6 Å². The van der Waals surface area contributed by atoms with Crippen molar-refractivity contribution < 1.29 is 23.8 Å². The molecule has 9 heteroatoms. The van der Waals surface area contributed by atoms with Gasteiger partial charge in [0.2, 0.25) is 0 Å². The van der Waals surface area contributed by atoms with Gasteiger partial charge in [0.25, 0.3) is 0 Å². The Hall–Kier alpha value is -4.11. The Kier molecular flexibility index (Phi) is 7.54. The minimum atomic E-state index is -1.02. The van der Waals surface area contributed by atoms with Gasteiger partial charge in [0.05, 0.1) is 27.7 Å². The first-order valence-electron chi connectivity index (χ1n) is 15.1. The number of carbonyl (C=O) groups excluding carboxylic acids is 2. The van der Waals surface area contributed by atoms with Crippen LogP contribution < -0.4 is 15.5 Å². The van der Waals surface area contributed by atoms with E-state index in [1.54, 1.807) is 13.8 Å². The highest BCUT2D eigenvalue weighted by Crippen LogP contribution is 2.48. The Balaban J connectivity index is 1.62. The van der Waals surface area contributed by atoms with Crippen LogP contribution >= 0.6 is 0 Å². The average Bonchev–Trinajstić information content (AvgIpc) is 2.96. The van der Waals surface area contributed by atoms with Gasteiger partial charge < -0.3 is 29.0 Å². The monoisotopic (exact) mass is 585 g/mol. The van der Waals surface area contributed by atoms with Crippen molar-refractivity contribution in [1.82, 2.24) is 9.47 Å². The summed E-state index contributed by atoms with van der Waals surface area (Å²) in [5.74, 6) is -0.573. The Morgan fingerprint density at radius 3 is 2.35 bits per heavy atom. The van der Waals surface area contributed by atoms with Gasteiger partial charge in [-0.05, 0) is 62.7 Å². The summed E-state index contributed by atoms with van der Waals surface area (Å²) < 4.78 is 20.2. The number of likely N-dealkylation sites (tertiary alicyclic amines) is 1. The van der Waals surface area contributed by atoms with Gasteiger partial charge in [-0.2, -0.15) is 0 Å². The number of ether oxygens (including phenoxy) is 3. The van der Waals surface area contributed by atoms with Gasteiger partial charge in [0, 0.05) is 45.4 Å². The van der Waals surface area contributed by atoms with Gasteiger partial charge in [-0.1, -0.05) is 30.7 Å². The molecule has 0 amide bonds. The standard InChI is InChI=1S/C34H39N3O6/c1-20(38)41-32-29-27(43-34(3,4)33(32)42-21(2)39)19-25(35-13-16-37-14-9-6-10-15-37)28-30(29)36(5)26-18-23-12-8-7-11-22(23)17-24(26)31(28)40/h7-8,11-12,17-19,32-33,35H,6,9-10,13-16H2,1-5H3/t32-,33-/m1/s1. The number of nitrogens with zero attached hydrogens (tertiary/aromatic N) is 2. The molecule has 43 heavy (non-hydrogen) atoms. The van der Waals surface area contributed by atoms with E-state index in [0.29, 0.717) is 39.8 Å². The lowest BCUT2D eigenvalue weighted by Crippen LogP contribution is -2.52. The highest BCUT2D eigenvalue weighted by atomic mass is 16.6. The molecule has 4 aromatic rings. The van der Waals surface area contributed by atoms with Gasteiger partial charge in [-0.3, -0.25) is 14.4 Å². The fourth-order valence-electron chi connectivity index (χ4n) is 6.75. The van der Waals surface area contributed by atoms with E-state index in [0.717, 1.165) is 35.9 Å². The van der Waals surface area contributed by atoms with E-state index in [4.69, 9.17) is 14.2 Å². The first-order chi connectivity index (χ1) is 20.5. The third-order valence-corrected chi connectivity index (χ3v) is 8.73. The molecule has 226 valence electrons. The Bertz CT molecular complexity index is 1800. The van der Waals surface area contributed by atoms with E-state index >= 15 is 0 Å². The number of rotatable bonds is 6. The summed E-state index contributed by atoms with van der Waals surface area (Å²) in [6.07, 6.45) is 1.74. The molecule has 0 unspecified atom stereocenters. The van der Waals surface area contributed by atoms with Crippen molar-refractivity contribution in [2.75, 3.05) is 31.5 Å². The predicted molar refractivity (Wildman–Crippen MR) is 168 cm³/mol. The van der Waals surface area contributed by atoms with E-state index in [2.05, 4.69) is 10.2 Å². The molecule has 0 aliphatic carbocycles. The van der Waals surface area contributed by atoms with Crippen LogP contribution in [0.2, 0.25) is 0 Å². The van der Waals surface area contributed by atoms with E-state index < -0.39 is 29.7 Å². The summed E-state index contributed by atoms with van der Waals surface area (Å²) in [7, 11) is 1.90. The second kappa shape index (κ2) is 11.2. The van der Waals surface area contributed by atoms with Crippen LogP contribution in [-0.2, 0) is 26.1 Å². The smallest absolute Gasteiger partial charge is 0.303 e. The molecule has 1 saturated heterocycles. The Morgan fingerprint density at radius 1 is 1.00 bits per heavy atom. The number of carbonyl (C=O) groups is 2. The van der Waals surface area contributed by atoms with E-state index in [-0.39, 0.29) is 5.43 Å². The molecule has 2 aliphatic rings. The van der Waals surface area contributed by atoms with Crippen molar-refractivity contribution in [3.63, 3.8) is 0 Å². The molecule has 0 saturated carbocycles. The number of anilines is 1. The van der Waals surface area contributed by atoms with Gasteiger partial charge in [-0.25, -0.2) is 0 Å². The number of esters is 2. The maximum Gasteiger partial charge on any atom is 0.303 e. The molecule has 1 fully saturated rings. The molecule has 9 nitrogen and oxygen atoms in total. The molecular weight excluding hydrogens is 546 g/mol. The van der Waals surface area contributed by atoms with Crippen LogP contribution in [0.25, 0.3) is 32.6 Å². The zero-order chi connectivity index (χ0) is 30.5. The van der Waals surface area contributed by atoms with Crippen LogP contribution in [0.1, 0.15) is 58.6 Å². The fourth-order valence-corrected chi connectivity index (χ4v) is 6.75. The van der Waals surface area contributed by atoms with Gasteiger partial charge in [0.1, 0.15) is 11.4 Å². The van der Waals surface area contributed by atoms with E-state index in [1.807, 2.05) is 54.1 Å². The van der Waals surface area contributed by atoms with Crippen molar-refractivity contribution in [3.05, 3.63) is 58.3 Å². The van der Waals surface area contributed by atoms with Crippen molar-refractivity contribution >= 4 is 50.2 Å². The normalized spacial score (nSPS) is 20.0. The lowest BCUT2D eigenvalue weighted by molar-refractivity contribution is -0.187. The summed E-state index contributed by atoms with van der Waals surface area (Å²) in [6.45, 7) is 9.91. The topological polar surface area (TPSA) is 99.1 Å². The van der Waals surface area contributed by atoms with Crippen LogP contribution in [0.4, 0.5) is 5.69 Å². The quantitative estimate of drug-likeness (QED) is 0.236. The molecule has 6 rings (SSSR count). The van der Waals surface area contributed by atoms with Crippen LogP contribution in [0.15, 0.2) is 47.3 Å². The molecule has 3 aromatic carbocycles. The summed E-state index contributed by atoms with van der Waals surface area (Å²) in [5, 5.41) is 6.59. The predicted octanol–water partition coefficient (Wildman–Crippen LogP) is 5.45. The zero-order valence-corrected chi connectivity index (χ0v) is 25.5. The molecule has 0 spiro atoms. The first-order valence-corrected chi connectivity index (χ1v) is 15.1. The van der Waals surface area contributed by atoms with E-state index in [9.17, 15) is 14.4 Å². The summed E-state index contributed by atoms with van der Waals surface area (Å²) in [6, 6.07) is 13.7. The third-order valence-electron chi connectivity index (χ3n) is 8.73. The van der Waals surface area contributed by atoms with Crippen molar-refractivity contribution in [2.45, 2.75) is 64.8 Å². The maximum absolute atomic E-state index is 14.5. The van der Waals surface area contributed by atoms with Crippen LogP contribution in [0.5, 0.6) is 5.75 Å². The highest BCUT2D eigenvalue weighted by molar-refractivity contribution is 6.06. The lowest BCUT2D eigenvalue weighted by atomic mass is 9.86. The molecule has 0 bridgehead atoms. The molecular formula is C34H39N3O6. The summed E-state index contributed by atoms with van der Waals surface area (Å²) in [4.78, 5) is 41.6. The van der Waals surface area contributed by atoms with Crippen molar-refractivity contribution in [2.24, 2.45) is 7.05 Å². The van der Waals surface area contributed by atoms with Gasteiger partial charge >= 0.3 is 11.9 Å². The van der Waals surface area contributed by atoms with Crippen molar-refractivity contribution in [3.8, 4) is 5.75 Å². The van der Waals surface area contributed by atoms with Gasteiger partial charge in [-0.15, -0.1) is 0 Å². The molecule has 1 N–H and O–H groups in total. The number of aryl methyl sites for hydroxylation is 1. The average molecular weight is 586 g/mol. The minimum Gasteiger partial charge on any atom is -0.483 e. The van der Waals surface area contributed by atoms with Crippen LogP contribution in [-0.4, -0.2) is 59.3 Å². The Morgan fingerprint density at radius 2 is 1.67 bits per heavy atom. The second-order valence-corrected chi connectivity index (χ2v) is 12.3. The Labute approximate surface area is 250 Å². The number of hydrogen-bond acceptors (Lipinski definition) is 8. The molecule has 0 radical (unpaired) electrons. The summed E-state index contributed by atoms with van der Waals surface area (Å²) in [5.41, 5.74) is 1.32. The number of fused-ring (bicyclic) bond motifs is 5. The zero-order valence-electron chi connectivity index (χ0n) is 25.5. The fraction of sp³-hybridized carbons (Fsp3) is 0.441. The number of piperidine rings is 1. The highest BCUT2D eigenvalue weighted by Gasteiger charge is 2.50. The first kappa shape index (κ1) is 29.0. The molecule has 2 atom stereocenters. The molecule has 1 aromatic heterocycles. The number of hydrogen-bond donors (Lipinski definition) is 1. The minimum absolute atomic E-state index is 0.132. The number of benzene rings is 3. The number of pyridine rings is 1. The molecule has 2 aliphatic heterocycles.